The second kappa shape index (κ2) is 8.66. The number of rotatable bonds is 5. The molecule has 0 spiro atoms. The monoisotopic (exact) mass is 435 g/mol. The number of hydrogen-bond acceptors (Lipinski definition) is 5. The SMILES string of the molecule is CC(C)c1cc(N(Cl)NC(=O)c2cncnc2)cc(-c2ccc(C(F)(F)F)cc2)n1. The van der Waals surface area contributed by atoms with Crippen LogP contribution in [0.2, 0.25) is 0 Å². The van der Waals surface area contributed by atoms with Crippen molar-refractivity contribution < 1.29 is 18.0 Å². The summed E-state index contributed by atoms with van der Waals surface area (Å²) in [6, 6.07) is 7.94. The molecule has 0 radical (unpaired) electrons. The molecule has 0 bridgehead atoms. The average molecular weight is 436 g/mol. The van der Waals surface area contributed by atoms with Crippen molar-refractivity contribution in [2.24, 2.45) is 0 Å². The van der Waals surface area contributed by atoms with Crippen LogP contribution in [0.3, 0.4) is 0 Å². The maximum Gasteiger partial charge on any atom is 0.416 e. The smallest absolute Gasteiger partial charge is 0.267 e. The van der Waals surface area contributed by atoms with E-state index in [0.717, 1.165) is 16.7 Å². The van der Waals surface area contributed by atoms with Crippen LogP contribution in [0.15, 0.2) is 55.1 Å². The number of alkyl halides is 3. The molecule has 10 heteroatoms. The third kappa shape index (κ3) is 5.04. The molecule has 6 nitrogen and oxygen atoms in total. The normalized spacial score (nSPS) is 11.4. The van der Waals surface area contributed by atoms with Crippen molar-refractivity contribution in [1.29, 1.82) is 0 Å². The van der Waals surface area contributed by atoms with Gasteiger partial charge in [-0.3, -0.25) is 9.78 Å². The van der Waals surface area contributed by atoms with Crippen LogP contribution in [0.1, 0.15) is 41.4 Å². The van der Waals surface area contributed by atoms with Gasteiger partial charge in [0.2, 0.25) is 0 Å². The number of carbonyl (C=O) groups is 1. The van der Waals surface area contributed by atoms with Gasteiger partial charge in [-0.05, 0) is 30.2 Å². The Morgan fingerprint density at radius 1 is 1.10 bits per heavy atom. The lowest BCUT2D eigenvalue weighted by Crippen LogP contribution is -2.35. The summed E-state index contributed by atoms with van der Waals surface area (Å²) in [5, 5.41) is 0. The van der Waals surface area contributed by atoms with E-state index in [2.05, 4.69) is 20.4 Å². The predicted octanol–water partition coefficient (Wildman–Crippen LogP) is 4.99. The van der Waals surface area contributed by atoms with Crippen LogP contribution in [0.4, 0.5) is 18.9 Å². The van der Waals surface area contributed by atoms with E-state index >= 15 is 0 Å². The number of hydrazine groups is 1. The molecule has 0 aliphatic heterocycles. The van der Waals surface area contributed by atoms with Gasteiger partial charge in [0.15, 0.2) is 0 Å². The Balaban J connectivity index is 1.92. The van der Waals surface area contributed by atoms with E-state index in [0.29, 0.717) is 22.6 Å². The molecule has 2 heterocycles. The van der Waals surface area contributed by atoms with Crippen molar-refractivity contribution in [2.75, 3.05) is 4.53 Å². The number of amides is 1. The summed E-state index contributed by atoms with van der Waals surface area (Å²) in [5.74, 6) is -0.508. The molecule has 3 rings (SSSR count). The summed E-state index contributed by atoms with van der Waals surface area (Å²) >= 11 is 6.26. The van der Waals surface area contributed by atoms with Crippen LogP contribution in [-0.2, 0) is 6.18 Å². The van der Waals surface area contributed by atoms with E-state index in [-0.39, 0.29) is 11.5 Å². The van der Waals surface area contributed by atoms with Gasteiger partial charge in [-0.1, -0.05) is 26.0 Å². The van der Waals surface area contributed by atoms with Crippen LogP contribution in [0.5, 0.6) is 0 Å². The van der Waals surface area contributed by atoms with Crippen molar-refractivity contribution in [3.05, 3.63) is 71.9 Å². The highest BCUT2D eigenvalue weighted by Crippen LogP contribution is 2.32. The molecule has 0 unspecified atom stereocenters. The first-order valence-corrected chi connectivity index (χ1v) is 9.20. The van der Waals surface area contributed by atoms with Gasteiger partial charge in [-0.2, -0.15) is 17.7 Å². The molecule has 0 fully saturated rings. The summed E-state index contributed by atoms with van der Waals surface area (Å²) < 4.78 is 39.5. The van der Waals surface area contributed by atoms with Gasteiger partial charge >= 0.3 is 6.18 Å². The van der Waals surface area contributed by atoms with Crippen molar-refractivity contribution in [1.82, 2.24) is 20.4 Å². The van der Waals surface area contributed by atoms with Gasteiger partial charge in [-0.25, -0.2) is 15.4 Å². The molecule has 0 aliphatic rings. The maximum atomic E-state index is 12.8. The Morgan fingerprint density at radius 3 is 2.30 bits per heavy atom. The van der Waals surface area contributed by atoms with Crippen molar-refractivity contribution >= 4 is 23.4 Å². The highest BCUT2D eigenvalue weighted by Gasteiger charge is 2.30. The first-order valence-electron chi connectivity index (χ1n) is 8.86. The molecule has 1 amide bonds. The fourth-order valence-electron chi connectivity index (χ4n) is 2.56. The van der Waals surface area contributed by atoms with E-state index < -0.39 is 17.6 Å². The second-order valence-corrected chi connectivity index (χ2v) is 7.05. The zero-order valence-electron chi connectivity index (χ0n) is 16.0. The van der Waals surface area contributed by atoms with Gasteiger partial charge in [0.1, 0.15) is 6.33 Å². The third-order valence-electron chi connectivity index (χ3n) is 4.18. The van der Waals surface area contributed by atoms with Crippen LogP contribution in [0, 0.1) is 0 Å². The topological polar surface area (TPSA) is 71.0 Å². The lowest BCUT2D eigenvalue weighted by Gasteiger charge is -2.19. The van der Waals surface area contributed by atoms with E-state index in [1.54, 1.807) is 12.1 Å². The Hall–Kier alpha value is -3.20. The summed E-state index contributed by atoms with van der Waals surface area (Å²) in [6.07, 6.45) is -0.446. The molecule has 156 valence electrons. The lowest BCUT2D eigenvalue weighted by molar-refractivity contribution is -0.137. The van der Waals surface area contributed by atoms with E-state index in [1.807, 2.05) is 13.8 Å². The molecule has 0 aliphatic carbocycles. The van der Waals surface area contributed by atoms with Crippen molar-refractivity contribution in [3.63, 3.8) is 0 Å². The summed E-state index contributed by atoms with van der Waals surface area (Å²) in [6.45, 7) is 3.84. The molecule has 0 atom stereocenters. The minimum absolute atomic E-state index is 0.0152. The summed E-state index contributed by atoms with van der Waals surface area (Å²) in [4.78, 5) is 24.4. The molecule has 0 saturated carbocycles. The quantitative estimate of drug-likeness (QED) is 0.452. The number of halogens is 4. The van der Waals surface area contributed by atoms with Crippen LogP contribution >= 0.6 is 11.8 Å². The minimum Gasteiger partial charge on any atom is -0.267 e. The largest absolute Gasteiger partial charge is 0.416 e. The number of aromatic nitrogens is 3. The zero-order chi connectivity index (χ0) is 21.9. The van der Waals surface area contributed by atoms with Crippen LogP contribution in [0.25, 0.3) is 11.3 Å². The predicted molar refractivity (Wildman–Crippen MR) is 107 cm³/mol. The van der Waals surface area contributed by atoms with E-state index in [9.17, 15) is 18.0 Å². The van der Waals surface area contributed by atoms with Gasteiger partial charge in [0.05, 0.1) is 22.5 Å². The molecular weight excluding hydrogens is 419 g/mol. The average Bonchev–Trinajstić information content (AvgIpc) is 2.73. The maximum absolute atomic E-state index is 12.8. The third-order valence-corrected chi connectivity index (χ3v) is 4.46. The number of anilines is 1. The van der Waals surface area contributed by atoms with Gasteiger partial charge in [0.25, 0.3) is 5.91 Å². The number of pyridine rings is 1. The highest BCUT2D eigenvalue weighted by atomic mass is 35.5. The lowest BCUT2D eigenvalue weighted by atomic mass is 10.0. The summed E-state index contributed by atoms with van der Waals surface area (Å²) in [5.41, 5.74) is 3.92. The fraction of sp³-hybridized carbons (Fsp3) is 0.200. The number of nitrogens with one attached hydrogen (secondary N) is 1. The zero-order valence-corrected chi connectivity index (χ0v) is 16.7. The Bertz CT molecular complexity index is 1030. The van der Waals surface area contributed by atoms with Crippen molar-refractivity contribution in [2.45, 2.75) is 25.9 Å². The van der Waals surface area contributed by atoms with Gasteiger partial charge in [0, 0.05) is 35.4 Å². The van der Waals surface area contributed by atoms with Gasteiger partial charge < -0.3 is 0 Å². The molecule has 0 saturated heterocycles. The highest BCUT2D eigenvalue weighted by molar-refractivity contribution is 6.26. The Kier molecular flexibility index (Phi) is 6.21. The van der Waals surface area contributed by atoms with E-state index in [1.165, 1.54) is 30.9 Å². The van der Waals surface area contributed by atoms with Crippen LogP contribution in [-0.4, -0.2) is 20.9 Å². The Labute approximate surface area is 175 Å². The number of benzene rings is 1. The van der Waals surface area contributed by atoms with E-state index in [4.69, 9.17) is 11.8 Å². The minimum atomic E-state index is -4.42. The second-order valence-electron chi connectivity index (χ2n) is 6.71. The Morgan fingerprint density at radius 2 is 1.73 bits per heavy atom. The molecule has 3 aromatic rings. The fourth-order valence-corrected chi connectivity index (χ4v) is 2.73. The standard InChI is InChI=1S/C20H17ClF3N5O/c1-12(2)17-7-16(29(21)28-19(30)14-9-25-11-26-10-14)8-18(27-17)13-3-5-15(6-4-13)20(22,23)24/h3-12H,1-2H3,(H,28,30). The molecule has 1 aromatic carbocycles. The number of hydrogen-bond donors (Lipinski definition) is 1. The molecular formula is C20H17ClF3N5O. The number of nitrogens with zero attached hydrogens (tertiary/aromatic N) is 4. The first-order chi connectivity index (χ1) is 14.1. The van der Waals surface area contributed by atoms with Gasteiger partial charge in [-0.15, -0.1) is 0 Å². The van der Waals surface area contributed by atoms with Crippen LogP contribution < -0.4 is 9.95 Å². The molecule has 2 aromatic heterocycles. The van der Waals surface area contributed by atoms with Crippen molar-refractivity contribution in [3.8, 4) is 11.3 Å². The first kappa shape index (κ1) is 21.5. The summed E-state index contributed by atoms with van der Waals surface area (Å²) in [7, 11) is 0. The molecule has 30 heavy (non-hydrogen) atoms. The molecule has 1 N–H and O–H groups in total. The number of carbonyl (C=O) groups excluding carboxylic acids is 1.